The van der Waals surface area contributed by atoms with Crippen LogP contribution < -0.4 is 10.6 Å². The SMILES string of the molecule is O=C(Nc1ccc(Nc2ccccc2)cc1)C1CC1c1ccco1. The first kappa shape index (κ1) is 14.6. The monoisotopic (exact) mass is 318 g/mol. The van der Waals surface area contributed by atoms with Gasteiger partial charge < -0.3 is 15.1 Å². The number of hydrogen-bond donors (Lipinski definition) is 2. The van der Waals surface area contributed by atoms with Crippen LogP contribution in [-0.2, 0) is 4.79 Å². The maximum atomic E-state index is 12.3. The summed E-state index contributed by atoms with van der Waals surface area (Å²) in [6.45, 7) is 0. The lowest BCUT2D eigenvalue weighted by atomic mass is 10.2. The number of rotatable bonds is 5. The zero-order valence-electron chi connectivity index (χ0n) is 13.1. The molecule has 4 heteroatoms. The van der Waals surface area contributed by atoms with Crippen molar-refractivity contribution in [3.63, 3.8) is 0 Å². The van der Waals surface area contributed by atoms with E-state index in [0.29, 0.717) is 0 Å². The van der Waals surface area contributed by atoms with Crippen molar-refractivity contribution in [2.24, 2.45) is 5.92 Å². The van der Waals surface area contributed by atoms with Gasteiger partial charge in [-0.25, -0.2) is 0 Å². The summed E-state index contributed by atoms with van der Waals surface area (Å²) in [5.41, 5.74) is 2.83. The Hall–Kier alpha value is -3.01. The van der Waals surface area contributed by atoms with Crippen molar-refractivity contribution in [1.29, 1.82) is 0 Å². The van der Waals surface area contributed by atoms with Crippen LogP contribution in [0.1, 0.15) is 18.1 Å². The molecule has 1 aliphatic carbocycles. The van der Waals surface area contributed by atoms with Gasteiger partial charge in [0.25, 0.3) is 0 Å². The topological polar surface area (TPSA) is 54.3 Å². The van der Waals surface area contributed by atoms with Gasteiger partial charge in [-0.1, -0.05) is 18.2 Å². The first-order chi connectivity index (χ1) is 11.8. The third-order valence-electron chi connectivity index (χ3n) is 4.25. The minimum absolute atomic E-state index is 0.0123. The van der Waals surface area contributed by atoms with Gasteiger partial charge in [0.1, 0.15) is 5.76 Å². The zero-order valence-corrected chi connectivity index (χ0v) is 13.1. The van der Waals surface area contributed by atoms with Crippen LogP contribution >= 0.6 is 0 Å². The van der Waals surface area contributed by atoms with Crippen molar-refractivity contribution in [3.8, 4) is 0 Å². The van der Waals surface area contributed by atoms with Gasteiger partial charge in [0.15, 0.2) is 0 Å². The van der Waals surface area contributed by atoms with Gasteiger partial charge in [-0.2, -0.15) is 0 Å². The number of furan rings is 1. The van der Waals surface area contributed by atoms with Gasteiger partial charge in [-0.15, -0.1) is 0 Å². The molecule has 0 radical (unpaired) electrons. The molecule has 3 aromatic rings. The number of carbonyl (C=O) groups excluding carboxylic acids is 1. The Kier molecular flexibility index (Phi) is 3.79. The van der Waals surface area contributed by atoms with Crippen LogP contribution in [0, 0.1) is 5.92 Å². The fourth-order valence-corrected chi connectivity index (χ4v) is 2.86. The summed E-state index contributed by atoms with van der Waals surface area (Å²) in [6.07, 6.45) is 2.51. The van der Waals surface area contributed by atoms with Crippen LogP contribution in [0.4, 0.5) is 17.1 Å². The van der Waals surface area contributed by atoms with E-state index in [-0.39, 0.29) is 17.7 Å². The normalized spacial score (nSPS) is 18.8. The van der Waals surface area contributed by atoms with Crippen LogP contribution in [0.25, 0.3) is 0 Å². The summed E-state index contributed by atoms with van der Waals surface area (Å²) < 4.78 is 5.37. The molecule has 1 amide bonds. The fourth-order valence-electron chi connectivity index (χ4n) is 2.86. The van der Waals surface area contributed by atoms with Crippen LogP contribution in [0.5, 0.6) is 0 Å². The highest BCUT2D eigenvalue weighted by molar-refractivity contribution is 5.95. The lowest BCUT2D eigenvalue weighted by Gasteiger charge is -2.08. The van der Waals surface area contributed by atoms with Crippen LogP contribution in [-0.4, -0.2) is 5.91 Å². The van der Waals surface area contributed by atoms with Crippen molar-refractivity contribution >= 4 is 23.0 Å². The average molecular weight is 318 g/mol. The molecule has 120 valence electrons. The van der Waals surface area contributed by atoms with Crippen LogP contribution in [0.15, 0.2) is 77.4 Å². The molecule has 1 fully saturated rings. The Balaban J connectivity index is 1.35. The van der Waals surface area contributed by atoms with E-state index in [9.17, 15) is 4.79 Å². The molecule has 1 saturated carbocycles. The van der Waals surface area contributed by atoms with Crippen molar-refractivity contribution in [3.05, 3.63) is 78.8 Å². The van der Waals surface area contributed by atoms with E-state index in [1.165, 1.54) is 0 Å². The Labute approximate surface area is 140 Å². The van der Waals surface area contributed by atoms with E-state index in [1.54, 1.807) is 6.26 Å². The maximum absolute atomic E-state index is 12.3. The summed E-state index contributed by atoms with van der Waals surface area (Å²) in [5.74, 6) is 1.19. The Morgan fingerprint density at radius 3 is 2.29 bits per heavy atom. The number of benzene rings is 2. The summed E-state index contributed by atoms with van der Waals surface area (Å²) in [5, 5.41) is 6.30. The zero-order chi connectivity index (χ0) is 16.4. The number of hydrogen-bond acceptors (Lipinski definition) is 3. The highest BCUT2D eigenvalue weighted by Gasteiger charge is 2.45. The molecule has 0 aliphatic heterocycles. The molecule has 1 aromatic heterocycles. The molecule has 2 aromatic carbocycles. The number of amides is 1. The van der Waals surface area contributed by atoms with E-state index in [2.05, 4.69) is 10.6 Å². The maximum Gasteiger partial charge on any atom is 0.228 e. The average Bonchev–Trinajstić information content (AvgIpc) is 3.23. The molecule has 0 bridgehead atoms. The lowest BCUT2D eigenvalue weighted by molar-refractivity contribution is -0.117. The molecule has 1 aliphatic rings. The van der Waals surface area contributed by atoms with Crippen molar-refractivity contribution < 1.29 is 9.21 Å². The first-order valence-electron chi connectivity index (χ1n) is 8.06. The molecular weight excluding hydrogens is 300 g/mol. The predicted octanol–water partition coefficient (Wildman–Crippen LogP) is 4.77. The lowest BCUT2D eigenvalue weighted by Crippen LogP contribution is -2.14. The third-order valence-corrected chi connectivity index (χ3v) is 4.25. The van der Waals surface area contributed by atoms with Crippen molar-refractivity contribution in [1.82, 2.24) is 0 Å². The van der Waals surface area contributed by atoms with Gasteiger partial charge in [0.2, 0.25) is 5.91 Å². The van der Waals surface area contributed by atoms with Crippen LogP contribution in [0.3, 0.4) is 0 Å². The van der Waals surface area contributed by atoms with Gasteiger partial charge >= 0.3 is 0 Å². The highest BCUT2D eigenvalue weighted by Crippen LogP contribution is 2.48. The summed E-state index contributed by atoms with van der Waals surface area (Å²) in [6, 6.07) is 21.5. The summed E-state index contributed by atoms with van der Waals surface area (Å²) in [7, 11) is 0. The molecule has 0 spiro atoms. The molecule has 2 atom stereocenters. The fraction of sp³-hybridized carbons (Fsp3) is 0.150. The number of nitrogens with one attached hydrogen (secondary N) is 2. The highest BCUT2D eigenvalue weighted by atomic mass is 16.3. The molecule has 4 rings (SSSR count). The number of para-hydroxylation sites is 1. The molecule has 2 N–H and O–H groups in total. The number of anilines is 3. The predicted molar refractivity (Wildman–Crippen MR) is 94.4 cm³/mol. The number of carbonyl (C=O) groups is 1. The Morgan fingerprint density at radius 2 is 1.58 bits per heavy atom. The molecule has 1 heterocycles. The molecule has 24 heavy (non-hydrogen) atoms. The van der Waals surface area contributed by atoms with E-state index >= 15 is 0 Å². The quantitative estimate of drug-likeness (QED) is 0.713. The summed E-state index contributed by atoms with van der Waals surface area (Å²) in [4.78, 5) is 12.3. The van der Waals surface area contributed by atoms with E-state index in [1.807, 2.05) is 66.7 Å². The molecule has 0 saturated heterocycles. The first-order valence-corrected chi connectivity index (χ1v) is 8.06. The van der Waals surface area contributed by atoms with Crippen LogP contribution in [0.2, 0.25) is 0 Å². The second-order valence-corrected chi connectivity index (χ2v) is 6.02. The smallest absolute Gasteiger partial charge is 0.228 e. The van der Waals surface area contributed by atoms with Crippen molar-refractivity contribution in [2.75, 3.05) is 10.6 Å². The third kappa shape index (κ3) is 3.18. The van der Waals surface area contributed by atoms with Gasteiger partial charge in [-0.05, 0) is 55.0 Å². The molecule has 4 nitrogen and oxygen atoms in total. The molecule has 2 unspecified atom stereocenters. The minimum Gasteiger partial charge on any atom is -0.469 e. The standard InChI is InChI=1S/C20H18N2O2/c23-20(18-13-17(18)19-7-4-12-24-19)22-16-10-8-15(9-11-16)21-14-5-2-1-3-6-14/h1-12,17-18,21H,13H2,(H,22,23). The van der Waals surface area contributed by atoms with E-state index in [4.69, 9.17) is 4.42 Å². The second kappa shape index (κ2) is 6.24. The minimum atomic E-state index is 0.0123. The second-order valence-electron chi connectivity index (χ2n) is 6.02. The van der Waals surface area contributed by atoms with E-state index in [0.717, 1.165) is 29.2 Å². The summed E-state index contributed by atoms with van der Waals surface area (Å²) >= 11 is 0. The Bertz CT molecular complexity index is 811. The Morgan fingerprint density at radius 1 is 0.875 bits per heavy atom. The molecular formula is C20H18N2O2. The van der Waals surface area contributed by atoms with Crippen molar-refractivity contribution in [2.45, 2.75) is 12.3 Å². The largest absolute Gasteiger partial charge is 0.469 e. The van der Waals surface area contributed by atoms with Gasteiger partial charge in [-0.3, -0.25) is 4.79 Å². The van der Waals surface area contributed by atoms with Gasteiger partial charge in [0, 0.05) is 28.9 Å². The van der Waals surface area contributed by atoms with Gasteiger partial charge in [0.05, 0.1) is 6.26 Å². The van der Waals surface area contributed by atoms with E-state index < -0.39 is 0 Å².